The van der Waals surface area contributed by atoms with Gasteiger partial charge in [-0.25, -0.2) is 17.9 Å². The molecule has 0 aromatic carbocycles. The number of ether oxygens (including phenoxy) is 2. The second kappa shape index (κ2) is 5.74. The summed E-state index contributed by atoms with van der Waals surface area (Å²) in [5.41, 5.74) is -0.838. The topological polar surface area (TPSA) is 110 Å². The smallest absolute Gasteiger partial charge is 0.342 e. The highest BCUT2D eigenvalue weighted by atomic mass is 32.2. The van der Waals surface area contributed by atoms with E-state index in [1.54, 1.807) is 20.8 Å². The zero-order valence-electron chi connectivity index (χ0n) is 12.2. The second-order valence-electron chi connectivity index (χ2n) is 5.12. The maximum Gasteiger partial charge on any atom is 0.342 e. The molecule has 2 N–H and O–H groups in total. The lowest BCUT2D eigenvalue weighted by Crippen LogP contribution is -2.50. The Balaban J connectivity index is 2.29. The summed E-state index contributed by atoms with van der Waals surface area (Å²) in [6.07, 6.45) is 1.43. The predicted molar refractivity (Wildman–Crippen MR) is 73.3 cm³/mol. The maximum absolute atomic E-state index is 12.5. The molecule has 118 valence electrons. The molecule has 1 saturated heterocycles. The van der Waals surface area contributed by atoms with Crippen LogP contribution in [0.1, 0.15) is 37.6 Å². The number of rotatable bonds is 5. The Bertz CT molecular complexity index is 627. The highest BCUT2D eigenvalue weighted by Crippen LogP contribution is 2.27. The van der Waals surface area contributed by atoms with E-state index in [4.69, 9.17) is 9.47 Å². The lowest BCUT2D eigenvalue weighted by Gasteiger charge is -2.28. The molecule has 8 nitrogen and oxygen atoms in total. The number of esters is 1. The van der Waals surface area contributed by atoms with Crippen molar-refractivity contribution in [2.75, 3.05) is 13.2 Å². The van der Waals surface area contributed by atoms with Crippen molar-refractivity contribution in [3.63, 3.8) is 0 Å². The molecule has 0 aliphatic carbocycles. The van der Waals surface area contributed by atoms with E-state index in [0.29, 0.717) is 13.0 Å². The minimum atomic E-state index is -3.93. The third-order valence-electron chi connectivity index (χ3n) is 3.62. The van der Waals surface area contributed by atoms with Crippen molar-refractivity contribution in [1.82, 2.24) is 14.9 Å². The summed E-state index contributed by atoms with van der Waals surface area (Å²) in [6, 6.07) is 0. The Morgan fingerprint density at radius 1 is 1.67 bits per heavy atom. The maximum atomic E-state index is 12.5. The summed E-state index contributed by atoms with van der Waals surface area (Å²) in [4.78, 5) is 11.8. The van der Waals surface area contributed by atoms with E-state index in [1.165, 1.54) is 0 Å². The molecule has 1 aromatic rings. The summed E-state index contributed by atoms with van der Waals surface area (Å²) < 4.78 is 37.8. The van der Waals surface area contributed by atoms with E-state index in [-0.39, 0.29) is 23.3 Å². The average Bonchev–Trinajstić information content (AvgIpc) is 2.98. The number of sulfonamides is 1. The molecule has 2 unspecified atom stereocenters. The van der Waals surface area contributed by atoms with E-state index in [0.717, 1.165) is 6.20 Å². The Morgan fingerprint density at radius 3 is 2.95 bits per heavy atom. The van der Waals surface area contributed by atoms with Gasteiger partial charge in [-0.1, -0.05) is 0 Å². The molecule has 2 rings (SSSR count). The van der Waals surface area contributed by atoms with E-state index >= 15 is 0 Å². The van der Waals surface area contributed by atoms with Crippen molar-refractivity contribution < 1.29 is 22.7 Å². The highest BCUT2D eigenvalue weighted by Gasteiger charge is 2.42. The van der Waals surface area contributed by atoms with Crippen LogP contribution in [-0.4, -0.2) is 49.4 Å². The van der Waals surface area contributed by atoms with Crippen LogP contribution in [0, 0.1) is 0 Å². The summed E-state index contributed by atoms with van der Waals surface area (Å²) in [6.45, 7) is 5.84. The first kappa shape index (κ1) is 15.9. The third-order valence-corrected chi connectivity index (χ3v) is 5.21. The molecule has 2 atom stereocenters. The van der Waals surface area contributed by atoms with E-state index < -0.39 is 21.5 Å². The van der Waals surface area contributed by atoms with Crippen LogP contribution in [-0.2, 0) is 19.5 Å². The average molecular weight is 317 g/mol. The van der Waals surface area contributed by atoms with Gasteiger partial charge in [0.2, 0.25) is 0 Å². The number of nitrogens with zero attached hydrogens (tertiary/aromatic N) is 1. The molecule has 0 spiro atoms. The van der Waals surface area contributed by atoms with Crippen LogP contribution in [0.15, 0.2) is 11.2 Å². The Kier molecular flexibility index (Phi) is 4.35. The van der Waals surface area contributed by atoms with Gasteiger partial charge in [0.15, 0.2) is 5.03 Å². The molecule has 21 heavy (non-hydrogen) atoms. The lowest BCUT2D eigenvalue weighted by atomic mass is 9.97. The monoisotopic (exact) mass is 317 g/mol. The minimum absolute atomic E-state index is 0.112. The number of aromatic nitrogens is 2. The molecule has 0 amide bonds. The summed E-state index contributed by atoms with van der Waals surface area (Å²) in [5.74, 6) is -0.729. The zero-order chi connectivity index (χ0) is 15.7. The van der Waals surface area contributed by atoms with Crippen LogP contribution in [0.4, 0.5) is 0 Å². The van der Waals surface area contributed by atoms with Crippen LogP contribution < -0.4 is 4.72 Å². The van der Waals surface area contributed by atoms with Gasteiger partial charge in [0, 0.05) is 6.61 Å². The van der Waals surface area contributed by atoms with Gasteiger partial charge in [0.1, 0.15) is 5.56 Å². The van der Waals surface area contributed by atoms with E-state index in [2.05, 4.69) is 14.9 Å². The molecule has 2 heterocycles. The molecule has 1 aliphatic heterocycles. The fraction of sp³-hybridized carbons (Fsp3) is 0.667. The van der Waals surface area contributed by atoms with Gasteiger partial charge in [0.25, 0.3) is 10.0 Å². The highest BCUT2D eigenvalue weighted by molar-refractivity contribution is 7.89. The molecular weight excluding hydrogens is 298 g/mol. The summed E-state index contributed by atoms with van der Waals surface area (Å²) in [7, 11) is -3.93. The third kappa shape index (κ3) is 3.09. The molecule has 0 bridgehead atoms. The molecule has 9 heteroatoms. The quantitative estimate of drug-likeness (QED) is 0.762. The van der Waals surface area contributed by atoms with Gasteiger partial charge < -0.3 is 9.47 Å². The lowest BCUT2D eigenvalue weighted by molar-refractivity contribution is 0.0521. The number of H-pyrrole nitrogens is 1. The van der Waals surface area contributed by atoms with Crippen LogP contribution in [0.2, 0.25) is 0 Å². The fourth-order valence-electron chi connectivity index (χ4n) is 2.16. The standard InChI is InChI=1S/C12H19N3O5S/c1-4-19-11(16)9-7-13-14-10(9)21(17,18)15-12(3)5-6-20-8(12)2/h7-8,15H,4-6H2,1-3H3,(H,13,14). The van der Waals surface area contributed by atoms with Crippen LogP contribution in [0.25, 0.3) is 0 Å². The van der Waals surface area contributed by atoms with Crippen molar-refractivity contribution in [2.24, 2.45) is 0 Å². The largest absolute Gasteiger partial charge is 0.462 e. The Morgan fingerprint density at radius 2 is 2.38 bits per heavy atom. The number of hydrogen-bond acceptors (Lipinski definition) is 6. The molecular formula is C12H19N3O5S. The fourth-order valence-corrected chi connectivity index (χ4v) is 3.74. The minimum Gasteiger partial charge on any atom is -0.462 e. The summed E-state index contributed by atoms with van der Waals surface area (Å²) >= 11 is 0. The van der Waals surface area contributed by atoms with Crippen molar-refractivity contribution in [2.45, 2.75) is 43.9 Å². The number of aromatic amines is 1. The van der Waals surface area contributed by atoms with Gasteiger partial charge in [-0.05, 0) is 27.2 Å². The van der Waals surface area contributed by atoms with Crippen molar-refractivity contribution in [3.8, 4) is 0 Å². The van der Waals surface area contributed by atoms with Gasteiger partial charge >= 0.3 is 5.97 Å². The molecule has 0 radical (unpaired) electrons. The first-order valence-electron chi connectivity index (χ1n) is 6.66. The Hall–Kier alpha value is -1.45. The molecule has 0 saturated carbocycles. The van der Waals surface area contributed by atoms with Gasteiger partial charge in [-0.15, -0.1) is 0 Å². The van der Waals surface area contributed by atoms with E-state index in [9.17, 15) is 13.2 Å². The number of carbonyl (C=O) groups is 1. The number of carbonyl (C=O) groups excluding carboxylic acids is 1. The van der Waals surface area contributed by atoms with Gasteiger partial charge in [-0.3, -0.25) is 5.10 Å². The zero-order valence-corrected chi connectivity index (χ0v) is 13.0. The van der Waals surface area contributed by atoms with Crippen molar-refractivity contribution in [1.29, 1.82) is 0 Å². The second-order valence-corrected chi connectivity index (χ2v) is 6.74. The van der Waals surface area contributed by atoms with Gasteiger partial charge in [0.05, 0.1) is 24.4 Å². The first-order valence-corrected chi connectivity index (χ1v) is 8.14. The van der Waals surface area contributed by atoms with Crippen molar-refractivity contribution >= 4 is 16.0 Å². The van der Waals surface area contributed by atoms with Crippen LogP contribution in [0.5, 0.6) is 0 Å². The number of hydrogen-bond donors (Lipinski definition) is 2. The van der Waals surface area contributed by atoms with Gasteiger partial charge in [-0.2, -0.15) is 5.10 Å². The predicted octanol–water partition coefficient (Wildman–Crippen LogP) is 0.432. The molecule has 1 aliphatic rings. The molecule has 1 fully saturated rings. The Labute approximate surface area is 123 Å². The van der Waals surface area contributed by atoms with E-state index in [1.807, 2.05) is 0 Å². The molecule has 1 aromatic heterocycles. The summed E-state index contributed by atoms with van der Waals surface area (Å²) in [5, 5.41) is 5.69. The van der Waals surface area contributed by atoms with Crippen LogP contribution in [0.3, 0.4) is 0 Å². The number of nitrogens with one attached hydrogen (secondary N) is 2. The SMILES string of the molecule is CCOC(=O)c1cn[nH]c1S(=O)(=O)NC1(C)CCOC1C. The van der Waals surface area contributed by atoms with Crippen molar-refractivity contribution in [3.05, 3.63) is 11.8 Å². The normalized spacial score (nSPS) is 26.0. The first-order chi connectivity index (χ1) is 9.80. The van der Waals surface area contributed by atoms with Crippen LogP contribution >= 0.6 is 0 Å².